The molecule has 2 rings (SSSR count). The van der Waals surface area contributed by atoms with Crippen LogP contribution in [0, 0.1) is 0 Å². The second kappa shape index (κ2) is 6.70. The Balaban J connectivity index is 1.87. The summed E-state index contributed by atoms with van der Waals surface area (Å²) in [5.74, 6) is 1.95. The van der Waals surface area contributed by atoms with Gasteiger partial charge in [0.05, 0.1) is 21.2 Å². The molecule has 0 saturated heterocycles. The zero-order chi connectivity index (χ0) is 14.5. The third-order valence-corrected chi connectivity index (χ3v) is 4.51. The Bertz CT molecular complexity index is 531. The predicted molar refractivity (Wildman–Crippen MR) is 83.6 cm³/mol. The molecule has 1 aromatic carbocycles. The molecule has 0 N–H and O–H groups in total. The van der Waals surface area contributed by atoms with Crippen molar-refractivity contribution in [3.8, 4) is 5.75 Å². The van der Waals surface area contributed by atoms with Gasteiger partial charge in [0.2, 0.25) is 0 Å². The van der Waals surface area contributed by atoms with Crippen LogP contribution in [0.2, 0.25) is 0 Å². The largest absolute Gasteiger partial charge is 0.497 e. The molecule has 0 spiro atoms. The number of thioether (sulfide) groups is 1. The maximum absolute atomic E-state index is 5.18. The third-order valence-electron chi connectivity index (χ3n) is 3.29. The van der Waals surface area contributed by atoms with Crippen LogP contribution in [-0.2, 0) is 14.1 Å². The number of methoxy groups -OCH3 is 1. The van der Waals surface area contributed by atoms with E-state index >= 15 is 0 Å². The lowest BCUT2D eigenvalue weighted by atomic mass is 10.3. The van der Waals surface area contributed by atoms with Gasteiger partial charge in [-0.15, -0.1) is 0 Å². The molecule has 0 bridgehead atoms. The van der Waals surface area contributed by atoms with Gasteiger partial charge in [-0.3, -0.25) is 0 Å². The molecular formula is C15H22N3OS+. The van der Waals surface area contributed by atoms with Gasteiger partial charge >= 0.3 is 5.16 Å². The number of aryl methyl sites for hydroxylation is 2. The van der Waals surface area contributed by atoms with Crippen LogP contribution in [0.3, 0.4) is 0 Å². The maximum atomic E-state index is 5.18. The summed E-state index contributed by atoms with van der Waals surface area (Å²) in [5.41, 5.74) is 1.21. The van der Waals surface area contributed by atoms with E-state index in [1.807, 2.05) is 23.9 Å². The van der Waals surface area contributed by atoms with E-state index in [9.17, 15) is 0 Å². The molecule has 0 atom stereocenters. The van der Waals surface area contributed by atoms with E-state index in [1.54, 1.807) is 7.11 Å². The fourth-order valence-corrected chi connectivity index (χ4v) is 3.10. The van der Waals surface area contributed by atoms with Crippen LogP contribution >= 0.6 is 11.8 Å². The van der Waals surface area contributed by atoms with Crippen molar-refractivity contribution < 1.29 is 9.30 Å². The highest BCUT2D eigenvalue weighted by Gasteiger charge is 2.12. The van der Waals surface area contributed by atoms with Gasteiger partial charge in [-0.1, -0.05) is 0 Å². The average molecular weight is 292 g/mol. The number of hydrogen-bond donors (Lipinski definition) is 0. The Kier molecular flexibility index (Phi) is 4.95. The summed E-state index contributed by atoms with van der Waals surface area (Å²) >= 11 is 1.87. The minimum absolute atomic E-state index is 0.896. The molecule has 1 aromatic heterocycles. The van der Waals surface area contributed by atoms with Gasteiger partial charge in [0.25, 0.3) is 0 Å². The van der Waals surface area contributed by atoms with Crippen LogP contribution in [0.1, 0.15) is 0 Å². The van der Waals surface area contributed by atoms with Crippen LogP contribution in [0.5, 0.6) is 5.75 Å². The van der Waals surface area contributed by atoms with Gasteiger partial charge in [-0.2, -0.15) is 0 Å². The van der Waals surface area contributed by atoms with Gasteiger partial charge in [0, 0.05) is 25.0 Å². The second-order valence-electron chi connectivity index (χ2n) is 4.77. The molecule has 2 aromatic rings. The van der Waals surface area contributed by atoms with Crippen molar-refractivity contribution >= 4 is 17.4 Å². The summed E-state index contributed by atoms with van der Waals surface area (Å²) in [5, 5.41) is 1.27. The zero-order valence-corrected chi connectivity index (χ0v) is 13.4. The van der Waals surface area contributed by atoms with Crippen LogP contribution < -0.4 is 14.2 Å². The van der Waals surface area contributed by atoms with Crippen molar-refractivity contribution in [2.45, 2.75) is 5.16 Å². The molecule has 0 radical (unpaired) electrons. The molecule has 0 amide bonds. The molecule has 5 heteroatoms. The number of anilines is 1. The van der Waals surface area contributed by atoms with Crippen LogP contribution in [0.25, 0.3) is 0 Å². The second-order valence-corrected chi connectivity index (χ2v) is 5.83. The maximum Gasteiger partial charge on any atom is 0.317 e. The van der Waals surface area contributed by atoms with Crippen molar-refractivity contribution in [1.29, 1.82) is 0 Å². The Morgan fingerprint density at radius 2 is 2.00 bits per heavy atom. The van der Waals surface area contributed by atoms with E-state index in [2.05, 4.69) is 59.7 Å². The highest BCUT2D eigenvalue weighted by atomic mass is 32.2. The summed E-state index contributed by atoms with van der Waals surface area (Å²) in [7, 11) is 7.97. The van der Waals surface area contributed by atoms with Crippen molar-refractivity contribution in [3.63, 3.8) is 0 Å². The molecule has 4 nitrogen and oxygen atoms in total. The van der Waals surface area contributed by atoms with E-state index in [0.29, 0.717) is 0 Å². The number of imidazole rings is 1. The fraction of sp³-hybridized carbons (Fsp3) is 0.400. The number of benzene rings is 1. The predicted octanol–water partition coefficient (Wildman–Crippen LogP) is 2.09. The first-order chi connectivity index (χ1) is 9.61. The van der Waals surface area contributed by atoms with Gasteiger partial charge < -0.3 is 9.64 Å². The van der Waals surface area contributed by atoms with E-state index < -0.39 is 0 Å². The monoisotopic (exact) mass is 292 g/mol. The summed E-state index contributed by atoms with van der Waals surface area (Å²) in [6.45, 7) is 1.00. The molecule has 1 heterocycles. The lowest BCUT2D eigenvalue weighted by Gasteiger charge is -2.18. The number of rotatable bonds is 6. The molecule has 0 aliphatic heterocycles. The van der Waals surface area contributed by atoms with E-state index in [-0.39, 0.29) is 0 Å². The fourth-order valence-electron chi connectivity index (χ4n) is 2.02. The van der Waals surface area contributed by atoms with E-state index in [0.717, 1.165) is 18.0 Å². The molecule has 0 fully saturated rings. The Morgan fingerprint density at radius 3 is 2.55 bits per heavy atom. The number of aromatic nitrogens is 2. The molecule has 20 heavy (non-hydrogen) atoms. The smallest absolute Gasteiger partial charge is 0.317 e. The van der Waals surface area contributed by atoms with E-state index in [4.69, 9.17) is 4.74 Å². The Hall–Kier alpha value is -1.62. The quantitative estimate of drug-likeness (QED) is 0.601. The summed E-state index contributed by atoms with van der Waals surface area (Å²) in [4.78, 5) is 2.26. The standard InChI is InChI=1S/C15H22N3OS/c1-16(13-5-7-14(19-4)8-6-13)11-12-20-15-17(2)9-10-18(15)3/h5-10H,11-12H2,1-4H3/q+1. The highest BCUT2D eigenvalue weighted by molar-refractivity contribution is 7.99. The summed E-state index contributed by atoms with van der Waals surface area (Å²) in [6, 6.07) is 8.17. The molecule has 0 aliphatic carbocycles. The van der Waals surface area contributed by atoms with Crippen LogP contribution in [0.4, 0.5) is 5.69 Å². The molecule has 0 saturated carbocycles. The first-order valence-corrected chi connectivity index (χ1v) is 7.59. The summed E-state index contributed by atoms with van der Waals surface area (Å²) in [6.07, 6.45) is 4.16. The molecule has 108 valence electrons. The lowest BCUT2D eigenvalue weighted by molar-refractivity contribution is -0.709. The lowest BCUT2D eigenvalue weighted by Crippen LogP contribution is -2.29. The zero-order valence-electron chi connectivity index (χ0n) is 12.5. The minimum Gasteiger partial charge on any atom is -0.497 e. The average Bonchev–Trinajstić information content (AvgIpc) is 2.79. The van der Waals surface area contributed by atoms with Crippen molar-refractivity contribution in [2.75, 3.05) is 31.4 Å². The normalized spacial score (nSPS) is 10.6. The summed E-state index contributed by atoms with van der Waals surface area (Å²) < 4.78 is 9.48. The van der Waals surface area contributed by atoms with Gasteiger partial charge in [-0.05, 0) is 36.0 Å². The van der Waals surface area contributed by atoms with Gasteiger partial charge in [0.1, 0.15) is 18.1 Å². The highest BCUT2D eigenvalue weighted by Crippen LogP contribution is 2.19. The van der Waals surface area contributed by atoms with Crippen molar-refractivity contribution in [1.82, 2.24) is 4.57 Å². The number of ether oxygens (including phenoxy) is 1. The Morgan fingerprint density at radius 1 is 1.30 bits per heavy atom. The first-order valence-electron chi connectivity index (χ1n) is 6.60. The van der Waals surface area contributed by atoms with Crippen molar-refractivity contribution in [3.05, 3.63) is 36.7 Å². The number of hydrogen-bond acceptors (Lipinski definition) is 3. The first kappa shape index (κ1) is 14.8. The van der Waals surface area contributed by atoms with E-state index in [1.165, 1.54) is 10.8 Å². The molecule has 0 aliphatic rings. The Labute approximate surface area is 125 Å². The van der Waals surface area contributed by atoms with Crippen LogP contribution in [0.15, 0.2) is 41.8 Å². The third kappa shape index (κ3) is 3.48. The van der Waals surface area contributed by atoms with Gasteiger partial charge in [0.15, 0.2) is 0 Å². The molecule has 0 unspecified atom stereocenters. The SMILES string of the molecule is COc1ccc(N(C)CCSc2n(C)cc[n+]2C)cc1. The van der Waals surface area contributed by atoms with Crippen molar-refractivity contribution in [2.24, 2.45) is 14.1 Å². The minimum atomic E-state index is 0.896. The topological polar surface area (TPSA) is 21.3 Å². The molecular weight excluding hydrogens is 270 g/mol. The van der Waals surface area contributed by atoms with Gasteiger partial charge in [-0.25, -0.2) is 9.13 Å². The van der Waals surface area contributed by atoms with Crippen LogP contribution in [-0.4, -0.2) is 31.0 Å². The number of nitrogens with zero attached hydrogens (tertiary/aromatic N) is 3.